The summed E-state index contributed by atoms with van der Waals surface area (Å²) in [6, 6.07) is 8.05. The van der Waals surface area contributed by atoms with E-state index < -0.39 is 0 Å². The molecule has 2 aliphatic rings. The molecule has 1 N–H and O–H groups in total. The Kier molecular flexibility index (Phi) is 1.75. The van der Waals surface area contributed by atoms with E-state index in [2.05, 4.69) is 11.4 Å². The van der Waals surface area contributed by atoms with E-state index in [0.29, 0.717) is 13.0 Å². The van der Waals surface area contributed by atoms with E-state index in [1.165, 1.54) is 5.56 Å². The number of nitrogens with one attached hydrogen (secondary N) is 1. The third kappa shape index (κ3) is 1.23. The van der Waals surface area contributed by atoms with E-state index in [1.54, 1.807) is 0 Å². The molecule has 0 bridgehead atoms. The minimum atomic E-state index is -0.00801. The summed E-state index contributed by atoms with van der Waals surface area (Å²) < 4.78 is 5.61. The highest BCUT2D eigenvalue weighted by Crippen LogP contribution is 2.42. The predicted molar refractivity (Wildman–Crippen MR) is 55.9 cm³/mol. The minimum Gasteiger partial charge on any atom is -0.493 e. The van der Waals surface area contributed by atoms with Gasteiger partial charge >= 0.3 is 0 Å². The number of fused-ring (bicyclic) bond motifs is 2. The van der Waals surface area contributed by atoms with Crippen LogP contribution in [-0.2, 0) is 10.2 Å². The monoisotopic (exact) mass is 203 g/mol. The zero-order chi connectivity index (χ0) is 10.3. The molecule has 1 atom stereocenters. The summed E-state index contributed by atoms with van der Waals surface area (Å²) in [6.07, 6.45) is 1.54. The van der Waals surface area contributed by atoms with Crippen molar-refractivity contribution in [3.05, 3.63) is 29.8 Å². The molecular formula is C12H13NO2. The maximum atomic E-state index is 11.4. The van der Waals surface area contributed by atoms with Gasteiger partial charge in [0.25, 0.3) is 0 Å². The standard InChI is InChI=1S/C12H13NO2/c14-11-7-12(8-13-11)5-6-15-10-4-2-1-3-9(10)12/h1-4H,5-8H2,(H,13,14). The van der Waals surface area contributed by atoms with Crippen LogP contribution in [0.25, 0.3) is 0 Å². The molecule has 78 valence electrons. The normalized spacial score (nSPS) is 28.4. The number of rotatable bonds is 0. The van der Waals surface area contributed by atoms with Gasteiger partial charge in [-0.1, -0.05) is 18.2 Å². The molecule has 0 saturated carbocycles. The van der Waals surface area contributed by atoms with Crippen LogP contribution < -0.4 is 10.1 Å². The molecule has 1 unspecified atom stereocenters. The first kappa shape index (κ1) is 8.77. The SMILES string of the molecule is O=C1CC2(CCOc3ccccc32)CN1. The predicted octanol–water partition coefficient (Wildman–Crippen LogP) is 1.23. The highest BCUT2D eigenvalue weighted by atomic mass is 16.5. The fourth-order valence-electron chi connectivity index (χ4n) is 2.59. The molecule has 0 aromatic heterocycles. The van der Waals surface area contributed by atoms with Crippen molar-refractivity contribution < 1.29 is 9.53 Å². The lowest BCUT2D eigenvalue weighted by Crippen LogP contribution is -2.34. The molecule has 3 rings (SSSR count). The lowest BCUT2D eigenvalue weighted by molar-refractivity contribution is -0.119. The van der Waals surface area contributed by atoms with Crippen molar-refractivity contribution in [3.8, 4) is 5.75 Å². The van der Waals surface area contributed by atoms with E-state index in [4.69, 9.17) is 4.74 Å². The van der Waals surface area contributed by atoms with Gasteiger partial charge in [-0.15, -0.1) is 0 Å². The number of para-hydroxylation sites is 1. The molecular weight excluding hydrogens is 190 g/mol. The van der Waals surface area contributed by atoms with Crippen LogP contribution in [0.5, 0.6) is 5.75 Å². The van der Waals surface area contributed by atoms with E-state index >= 15 is 0 Å². The molecule has 1 spiro atoms. The molecule has 1 saturated heterocycles. The van der Waals surface area contributed by atoms with Gasteiger partial charge in [0.2, 0.25) is 5.91 Å². The van der Waals surface area contributed by atoms with Crippen LogP contribution in [-0.4, -0.2) is 19.1 Å². The van der Waals surface area contributed by atoms with Crippen molar-refractivity contribution in [2.45, 2.75) is 18.3 Å². The minimum absolute atomic E-state index is 0.00801. The molecule has 2 aliphatic heterocycles. The second kappa shape index (κ2) is 2.99. The molecule has 3 heteroatoms. The van der Waals surface area contributed by atoms with Crippen LogP contribution in [0.15, 0.2) is 24.3 Å². The smallest absolute Gasteiger partial charge is 0.220 e. The highest BCUT2D eigenvalue weighted by molar-refractivity contribution is 5.81. The van der Waals surface area contributed by atoms with Gasteiger partial charge in [0.15, 0.2) is 0 Å². The summed E-state index contributed by atoms with van der Waals surface area (Å²) in [7, 11) is 0. The topological polar surface area (TPSA) is 38.3 Å². The van der Waals surface area contributed by atoms with Gasteiger partial charge in [0.1, 0.15) is 5.75 Å². The molecule has 1 aromatic carbocycles. The molecule has 2 heterocycles. The van der Waals surface area contributed by atoms with E-state index in [0.717, 1.165) is 18.7 Å². The van der Waals surface area contributed by atoms with Gasteiger partial charge in [-0.3, -0.25) is 4.79 Å². The van der Waals surface area contributed by atoms with Gasteiger partial charge in [0, 0.05) is 23.9 Å². The number of ether oxygens (including phenoxy) is 1. The second-order valence-corrected chi connectivity index (χ2v) is 4.33. The number of benzene rings is 1. The number of carbonyl (C=O) groups excluding carboxylic acids is 1. The van der Waals surface area contributed by atoms with Gasteiger partial charge < -0.3 is 10.1 Å². The van der Waals surface area contributed by atoms with Gasteiger partial charge in [-0.25, -0.2) is 0 Å². The van der Waals surface area contributed by atoms with Crippen LogP contribution in [0.1, 0.15) is 18.4 Å². The molecule has 1 fully saturated rings. The van der Waals surface area contributed by atoms with E-state index in [-0.39, 0.29) is 11.3 Å². The Hall–Kier alpha value is -1.51. The van der Waals surface area contributed by atoms with Crippen molar-refractivity contribution in [2.24, 2.45) is 0 Å². The molecule has 15 heavy (non-hydrogen) atoms. The Balaban J connectivity index is 2.09. The maximum absolute atomic E-state index is 11.4. The van der Waals surface area contributed by atoms with Crippen LogP contribution in [0, 0.1) is 0 Å². The highest BCUT2D eigenvalue weighted by Gasteiger charge is 2.43. The zero-order valence-electron chi connectivity index (χ0n) is 8.45. The molecule has 0 aliphatic carbocycles. The number of hydrogen-bond donors (Lipinski definition) is 1. The van der Waals surface area contributed by atoms with Crippen LogP contribution in [0.2, 0.25) is 0 Å². The van der Waals surface area contributed by atoms with E-state index in [9.17, 15) is 4.79 Å². The molecule has 1 amide bonds. The molecule has 1 aromatic rings. The van der Waals surface area contributed by atoms with Crippen molar-refractivity contribution >= 4 is 5.91 Å². The van der Waals surface area contributed by atoms with Crippen molar-refractivity contribution in [1.82, 2.24) is 5.32 Å². The number of hydrogen-bond acceptors (Lipinski definition) is 2. The summed E-state index contributed by atoms with van der Waals surface area (Å²) in [6.45, 7) is 1.47. The quantitative estimate of drug-likeness (QED) is 0.688. The average molecular weight is 203 g/mol. The Labute approximate surface area is 88.4 Å². The Morgan fingerprint density at radius 3 is 3.00 bits per heavy atom. The van der Waals surface area contributed by atoms with E-state index in [1.807, 2.05) is 18.2 Å². The fourth-order valence-corrected chi connectivity index (χ4v) is 2.59. The largest absolute Gasteiger partial charge is 0.493 e. The maximum Gasteiger partial charge on any atom is 0.220 e. The number of carbonyl (C=O) groups is 1. The van der Waals surface area contributed by atoms with Crippen molar-refractivity contribution in [1.29, 1.82) is 0 Å². The van der Waals surface area contributed by atoms with Gasteiger partial charge in [-0.2, -0.15) is 0 Å². The van der Waals surface area contributed by atoms with Crippen LogP contribution >= 0.6 is 0 Å². The summed E-state index contributed by atoms with van der Waals surface area (Å²) in [4.78, 5) is 11.4. The third-order valence-electron chi connectivity index (χ3n) is 3.42. The molecule has 3 nitrogen and oxygen atoms in total. The molecule has 0 radical (unpaired) electrons. The Morgan fingerprint density at radius 2 is 2.20 bits per heavy atom. The first-order chi connectivity index (χ1) is 7.30. The van der Waals surface area contributed by atoms with Gasteiger partial charge in [0.05, 0.1) is 6.61 Å². The van der Waals surface area contributed by atoms with Crippen molar-refractivity contribution in [2.75, 3.05) is 13.2 Å². The summed E-state index contributed by atoms with van der Waals surface area (Å²) in [5.41, 5.74) is 1.18. The second-order valence-electron chi connectivity index (χ2n) is 4.33. The Bertz CT molecular complexity index is 416. The lowest BCUT2D eigenvalue weighted by Gasteiger charge is -2.33. The summed E-state index contributed by atoms with van der Waals surface area (Å²) >= 11 is 0. The Morgan fingerprint density at radius 1 is 1.33 bits per heavy atom. The fraction of sp³-hybridized carbons (Fsp3) is 0.417. The lowest BCUT2D eigenvalue weighted by atomic mass is 9.75. The van der Waals surface area contributed by atoms with Crippen molar-refractivity contribution in [3.63, 3.8) is 0 Å². The summed E-state index contributed by atoms with van der Waals surface area (Å²) in [5, 5.41) is 2.93. The first-order valence-corrected chi connectivity index (χ1v) is 5.29. The third-order valence-corrected chi connectivity index (χ3v) is 3.42. The van der Waals surface area contributed by atoms with Gasteiger partial charge in [-0.05, 0) is 12.5 Å². The summed E-state index contributed by atoms with van der Waals surface area (Å²) in [5.74, 6) is 1.10. The van der Waals surface area contributed by atoms with Crippen LogP contribution in [0.4, 0.5) is 0 Å². The number of amides is 1. The average Bonchev–Trinajstić information content (AvgIpc) is 2.62. The first-order valence-electron chi connectivity index (χ1n) is 5.29. The van der Waals surface area contributed by atoms with Crippen LogP contribution in [0.3, 0.4) is 0 Å². The zero-order valence-corrected chi connectivity index (χ0v) is 8.45.